The van der Waals surface area contributed by atoms with Crippen LogP contribution in [0.3, 0.4) is 0 Å². The summed E-state index contributed by atoms with van der Waals surface area (Å²) in [5.41, 5.74) is 2.65. The van der Waals surface area contributed by atoms with E-state index in [1.54, 1.807) is 6.33 Å². The average molecular weight is 399 g/mol. The van der Waals surface area contributed by atoms with Gasteiger partial charge in [-0.1, -0.05) is 23.7 Å². The van der Waals surface area contributed by atoms with Crippen LogP contribution in [0.2, 0.25) is 5.02 Å². The maximum Gasteiger partial charge on any atom is 0.239 e. The number of hydrogen-bond donors (Lipinski definition) is 3. The molecular weight excluding hydrogens is 376 g/mol. The lowest BCUT2D eigenvalue weighted by Crippen LogP contribution is -2.49. The maximum absolute atomic E-state index is 12.5. The van der Waals surface area contributed by atoms with Crippen molar-refractivity contribution in [2.75, 3.05) is 29.9 Å². The number of H-pyrrole nitrogens is 1. The van der Waals surface area contributed by atoms with Crippen LogP contribution in [-0.2, 0) is 4.79 Å². The molecule has 2 aromatic heterocycles. The van der Waals surface area contributed by atoms with Crippen LogP contribution in [0.1, 0.15) is 18.4 Å². The molecule has 0 spiro atoms. The van der Waals surface area contributed by atoms with Crippen LogP contribution in [-0.4, -0.2) is 46.5 Å². The second-order valence-corrected chi connectivity index (χ2v) is 7.48. The first kappa shape index (κ1) is 18.6. The minimum Gasteiger partial charge on any atom is -0.375 e. The van der Waals surface area contributed by atoms with Crippen LogP contribution in [0.25, 0.3) is 11.0 Å². The standard InChI is InChI=1S/C20H23ClN6O/c1-13-4-2-6-16(21)18(13)23-10-17(28)26-14-5-3-9-27(11-14)20-15-7-8-22-19(15)24-12-25-20/h2,4,6-8,12,14,23H,3,5,9-11H2,1H3,(H,26,28)(H,22,24,25)/t14-/m1/s1. The Morgan fingerprint density at radius 1 is 1.36 bits per heavy atom. The van der Waals surface area contributed by atoms with Crippen molar-refractivity contribution in [2.24, 2.45) is 0 Å². The number of carbonyl (C=O) groups excluding carboxylic acids is 1. The Morgan fingerprint density at radius 2 is 2.25 bits per heavy atom. The molecule has 3 heterocycles. The van der Waals surface area contributed by atoms with Crippen molar-refractivity contribution in [3.8, 4) is 0 Å². The summed E-state index contributed by atoms with van der Waals surface area (Å²) in [7, 11) is 0. The Hall–Kier alpha value is -2.80. The molecule has 1 aromatic carbocycles. The molecule has 0 bridgehead atoms. The summed E-state index contributed by atoms with van der Waals surface area (Å²) >= 11 is 6.21. The van der Waals surface area contributed by atoms with Crippen molar-refractivity contribution >= 4 is 40.0 Å². The lowest BCUT2D eigenvalue weighted by molar-refractivity contribution is -0.120. The summed E-state index contributed by atoms with van der Waals surface area (Å²) in [6.07, 6.45) is 5.40. The zero-order chi connectivity index (χ0) is 19.5. The van der Waals surface area contributed by atoms with Crippen molar-refractivity contribution in [3.63, 3.8) is 0 Å². The molecule has 1 atom stereocenters. The van der Waals surface area contributed by atoms with Crippen molar-refractivity contribution < 1.29 is 4.79 Å². The predicted octanol–water partition coefficient (Wildman–Crippen LogP) is 3.12. The molecule has 0 aliphatic carbocycles. The van der Waals surface area contributed by atoms with Crippen LogP contribution in [0.15, 0.2) is 36.8 Å². The normalized spacial score (nSPS) is 16.9. The third-order valence-electron chi connectivity index (χ3n) is 5.07. The molecule has 1 aliphatic rings. The van der Waals surface area contributed by atoms with Gasteiger partial charge in [0.25, 0.3) is 0 Å². The number of halogens is 1. The summed E-state index contributed by atoms with van der Waals surface area (Å²) < 4.78 is 0. The van der Waals surface area contributed by atoms with Gasteiger partial charge in [0.05, 0.1) is 22.6 Å². The third kappa shape index (κ3) is 3.89. The third-order valence-corrected chi connectivity index (χ3v) is 5.38. The SMILES string of the molecule is Cc1cccc(Cl)c1NCC(=O)N[C@@H]1CCCN(c2ncnc3[nH]ccc23)C1. The molecule has 3 N–H and O–H groups in total. The topological polar surface area (TPSA) is 85.9 Å². The van der Waals surface area contributed by atoms with Gasteiger partial charge in [-0.2, -0.15) is 0 Å². The van der Waals surface area contributed by atoms with Crippen LogP contribution < -0.4 is 15.5 Å². The quantitative estimate of drug-likeness (QED) is 0.614. The highest BCUT2D eigenvalue weighted by Crippen LogP contribution is 2.26. The average Bonchev–Trinajstić information content (AvgIpc) is 3.16. The first-order valence-electron chi connectivity index (χ1n) is 9.43. The highest BCUT2D eigenvalue weighted by atomic mass is 35.5. The van der Waals surface area contributed by atoms with E-state index in [9.17, 15) is 4.79 Å². The number of fused-ring (bicyclic) bond motifs is 1. The van der Waals surface area contributed by atoms with E-state index in [-0.39, 0.29) is 18.5 Å². The van der Waals surface area contributed by atoms with Gasteiger partial charge in [0.2, 0.25) is 5.91 Å². The molecule has 1 fully saturated rings. The van der Waals surface area contributed by atoms with Crippen LogP contribution in [0.4, 0.5) is 11.5 Å². The van der Waals surface area contributed by atoms with Crippen molar-refractivity contribution in [2.45, 2.75) is 25.8 Å². The van der Waals surface area contributed by atoms with Crippen molar-refractivity contribution in [1.82, 2.24) is 20.3 Å². The summed E-state index contributed by atoms with van der Waals surface area (Å²) in [4.78, 5) is 26.5. The number of para-hydroxylation sites is 1. The lowest BCUT2D eigenvalue weighted by atomic mass is 10.1. The Kier molecular flexibility index (Phi) is 5.34. The Balaban J connectivity index is 1.37. The molecule has 8 heteroatoms. The van der Waals surface area contributed by atoms with E-state index in [1.165, 1.54) is 0 Å². The molecular formula is C20H23ClN6O. The molecule has 7 nitrogen and oxygen atoms in total. The van der Waals surface area contributed by atoms with E-state index < -0.39 is 0 Å². The second kappa shape index (κ2) is 8.06. The van der Waals surface area contributed by atoms with Gasteiger partial charge in [-0.05, 0) is 37.5 Å². The molecule has 1 saturated heterocycles. The molecule has 3 aromatic rings. The Labute approximate surface area is 168 Å². The minimum absolute atomic E-state index is 0.0411. The summed E-state index contributed by atoms with van der Waals surface area (Å²) in [6.45, 7) is 3.81. The molecule has 0 unspecified atom stereocenters. The Bertz CT molecular complexity index is 967. The highest BCUT2D eigenvalue weighted by Gasteiger charge is 2.24. The number of amides is 1. The summed E-state index contributed by atoms with van der Waals surface area (Å²) in [5.74, 6) is 0.871. The van der Waals surface area contributed by atoms with Gasteiger partial charge >= 0.3 is 0 Å². The Morgan fingerprint density at radius 3 is 3.11 bits per heavy atom. The number of nitrogens with zero attached hydrogens (tertiary/aromatic N) is 3. The number of benzene rings is 1. The zero-order valence-corrected chi connectivity index (χ0v) is 16.5. The molecule has 4 rings (SSSR count). The zero-order valence-electron chi connectivity index (χ0n) is 15.7. The van der Waals surface area contributed by atoms with Crippen LogP contribution >= 0.6 is 11.6 Å². The number of carbonyl (C=O) groups is 1. The van der Waals surface area contributed by atoms with E-state index in [1.807, 2.05) is 37.4 Å². The predicted molar refractivity (Wildman–Crippen MR) is 112 cm³/mol. The monoisotopic (exact) mass is 398 g/mol. The maximum atomic E-state index is 12.5. The summed E-state index contributed by atoms with van der Waals surface area (Å²) in [6, 6.07) is 7.75. The van der Waals surface area contributed by atoms with Gasteiger partial charge in [-0.3, -0.25) is 4.79 Å². The molecule has 0 radical (unpaired) electrons. The number of aryl methyl sites for hydroxylation is 1. The van der Waals surface area contributed by atoms with E-state index in [4.69, 9.17) is 11.6 Å². The first-order chi connectivity index (χ1) is 13.6. The van der Waals surface area contributed by atoms with Gasteiger partial charge < -0.3 is 20.5 Å². The summed E-state index contributed by atoms with van der Waals surface area (Å²) in [5, 5.41) is 7.91. The number of aromatic amines is 1. The smallest absolute Gasteiger partial charge is 0.239 e. The number of nitrogens with one attached hydrogen (secondary N) is 3. The van der Waals surface area contributed by atoms with Gasteiger partial charge in [0.15, 0.2) is 0 Å². The molecule has 28 heavy (non-hydrogen) atoms. The largest absolute Gasteiger partial charge is 0.375 e. The molecule has 0 saturated carbocycles. The van der Waals surface area contributed by atoms with Gasteiger partial charge in [0, 0.05) is 25.3 Å². The van der Waals surface area contributed by atoms with E-state index in [2.05, 4.69) is 30.5 Å². The minimum atomic E-state index is -0.0411. The van der Waals surface area contributed by atoms with Crippen molar-refractivity contribution in [1.29, 1.82) is 0 Å². The number of piperidine rings is 1. The number of rotatable bonds is 5. The van der Waals surface area contributed by atoms with Gasteiger partial charge in [-0.15, -0.1) is 0 Å². The fourth-order valence-corrected chi connectivity index (χ4v) is 3.99. The van der Waals surface area contributed by atoms with Crippen LogP contribution in [0, 0.1) is 6.92 Å². The molecule has 1 amide bonds. The highest BCUT2D eigenvalue weighted by molar-refractivity contribution is 6.33. The number of hydrogen-bond acceptors (Lipinski definition) is 5. The first-order valence-corrected chi connectivity index (χ1v) is 9.81. The molecule has 146 valence electrons. The van der Waals surface area contributed by atoms with Gasteiger partial charge in [0.1, 0.15) is 17.8 Å². The number of aromatic nitrogens is 3. The lowest BCUT2D eigenvalue weighted by Gasteiger charge is -2.34. The van der Waals surface area contributed by atoms with E-state index in [0.29, 0.717) is 5.02 Å². The number of anilines is 2. The van der Waals surface area contributed by atoms with E-state index in [0.717, 1.165) is 54.0 Å². The van der Waals surface area contributed by atoms with Crippen molar-refractivity contribution in [3.05, 3.63) is 47.4 Å². The fraction of sp³-hybridized carbons (Fsp3) is 0.350. The fourth-order valence-electron chi connectivity index (χ4n) is 3.70. The molecule has 1 aliphatic heterocycles. The van der Waals surface area contributed by atoms with E-state index >= 15 is 0 Å². The second-order valence-electron chi connectivity index (χ2n) is 7.08. The van der Waals surface area contributed by atoms with Gasteiger partial charge in [-0.25, -0.2) is 9.97 Å². The van der Waals surface area contributed by atoms with Crippen LogP contribution in [0.5, 0.6) is 0 Å².